The van der Waals surface area contributed by atoms with E-state index in [0.29, 0.717) is 11.9 Å². The van der Waals surface area contributed by atoms with E-state index in [0.717, 1.165) is 19.4 Å². The number of aromatic nitrogens is 2. The molecule has 1 saturated heterocycles. The van der Waals surface area contributed by atoms with E-state index in [1.807, 2.05) is 0 Å². The molecule has 2 rings (SSSR count). The van der Waals surface area contributed by atoms with Gasteiger partial charge in [0.15, 0.2) is 5.82 Å². The normalized spacial score (nSPS) is 21.2. The maximum absolute atomic E-state index is 10.5. The fourth-order valence-electron chi connectivity index (χ4n) is 2.29. The van der Waals surface area contributed by atoms with E-state index >= 15 is 0 Å². The van der Waals surface area contributed by atoms with Crippen LogP contribution in [0.1, 0.15) is 44.4 Å². The van der Waals surface area contributed by atoms with E-state index in [-0.39, 0.29) is 18.4 Å². The molecule has 1 aliphatic rings. The highest BCUT2D eigenvalue weighted by atomic mass is 16.5. The molecule has 6 heteroatoms. The highest BCUT2D eigenvalue weighted by molar-refractivity contribution is 5.68. The summed E-state index contributed by atoms with van der Waals surface area (Å²) in [5, 5.41) is 12.5. The lowest BCUT2D eigenvalue weighted by Crippen LogP contribution is -2.30. The second-order valence-electron chi connectivity index (χ2n) is 4.61. The maximum Gasteiger partial charge on any atom is 0.312 e. The van der Waals surface area contributed by atoms with Crippen molar-refractivity contribution in [2.45, 2.75) is 45.2 Å². The molecule has 1 aliphatic heterocycles. The largest absolute Gasteiger partial charge is 0.481 e. The van der Waals surface area contributed by atoms with Crippen molar-refractivity contribution in [3.8, 4) is 0 Å². The summed E-state index contributed by atoms with van der Waals surface area (Å²) in [6.45, 7) is 5.30. The Morgan fingerprint density at radius 2 is 2.41 bits per heavy atom. The molecule has 6 nitrogen and oxygen atoms in total. The Balaban J connectivity index is 2.11. The summed E-state index contributed by atoms with van der Waals surface area (Å²) < 4.78 is 4.95. The summed E-state index contributed by atoms with van der Waals surface area (Å²) in [7, 11) is 0. The van der Waals surface area contributed by atoms with Gasteiger partial charge in [-0.15, -0.1) is 0 Å². The van der Waals surface area contributed by atoms with Gasteiger partial charge in [0, 0.05) is 6.04 Å². The SMILES string of the molecule is CC(C)N1CCCC1c1noc(CC(=O)O)n1. The smallest absolute Gasteiger partial charge is 0.312 e. The minimum Gasteiger partial charge on any atom is -0.481 e. The van der Waals surface area contributed by atoms with Crippen LogP contribution in [0.2, 0.25) is 0 Å². The minimum atomic E-state index is -0.952. The first-order chi connectivity index (χ1) is 8.08. The van der Waals surface area contributed by atoms with Crippen LogP contribution in [-0.2, 0) is 11.2 Å². The van der Waals surface area contributed by atoms with Crippen LogP contribution in [0.4, 0.5) is 0 Å². The van der Waals surface area contributed by atoms with Crippen molar-refractivity contribution >= 4 is 5.97 Å². The first-order valence-corrected chi connectivity index (χ1v) is 5.88. The second kappa shape index (κ2) is 4.83. The Kier molecular flexibility index (Phi) is 3.42. The zero-order valence-electron chi connectivity index (χ0n) is 10.1. The molecular formula is C11H17N3O3. The van der Waals surface area contributed by atoms with Crippen molar-refractivity contribution < 1.29 is 14.4 Å². The number of likely N-dealkylation sites (tertiary alicyclic amines) is 1. The van der Waals surface area contributed by atoms with E-state index in [1.54, 1.807) is 0 Å². The molecule has 1 fully saturated rings. The number of aliphatic carboxylic acids is 1. The Bertz CT molecular complexity index is 402. The standard InChI is InChI=1S/C11H17N3O3/c1-7(2)14-5-3-4-8(14)11-12-9(17-13-11)6-10(15)16/h7-8H,3-6H2,1-2H3,(H,15,16). The average molecular weight is 239 g/mol. The third-order valence-electron chi connectivity index (χ3n) is 3.04. The summed E-state index contributed by atoms with van der Waals surface area (Å²) in [5.41, 5.74) is 0. The molecule has 0 bridgehead atoms. The number of nitrogens with zero attached hydrogens (tertiary/aromatic N) is 3. The van der Waals surface area contributed by atoms with Gasteiger partial charge in [0.25, 0.3) is 0 Å². The number of hydrogen-bond acceptors (Lipinski definition) is 5. The van der Waals surface area contributed by atoms with Gasteiger partial charge in [0.2, 0.25) is 5.89 Å². The fourth-order valence-corrected chi connectivity index (χ4v) is 2.29. The number of carboxylic acid groups (broad SMARTS) is 1. The van der Waals surface area contributed by atoms with Crippen LogP contribution in [0, 0.1) is 0 Å². The number of hydrogen-bond donors (Lipinski definition) is 1. The predicted octanol–water partition coefficient (Wildman–Crippen LogP) is 1.24. The zero-order chi connectivity index (χ0) is 12.4. The van der Waals surface area contributed by atoms with Crippen LogP contribution >= 0.6 is 0 Å². The van der Waals surface area contributed by atoms with Gasteiger partial charge in [0.1, 0.15) is 6.42 Å². The predicted molar refractivity (Wildman–Crippen MR) is 59.5 cm³/mol. The molecule has 0 spiro atoms. The van der Waals surface area contributed by atoms with Crippen molar-refractivity contribution in [1.29, 1.82) is 0 Å². The molecule has 0 aromatic carbocycles. The molecule has 0 amide bonds. The van der Waals surface area contributed by atoms with Gasteiger partial charge in [-0.1, -0.05) is 5.16 Å². The molecule has 1 aromatic rings. The first-order valence-electron chi connectivity index (χ1n) is 5.88. The Morgan fingerprint density at radius 3 is 3.06 bits per heavy atom. The van der Waals surface area contributed by atoms with Crippen LogP contribution in [0.3, 0.4) is 0 Å². The van der Waals surface area contributed by atoms with Gasteiger partial charge in [-0.3, -0.25) is 9.69 Å². The lowest BCUT2D eigenvalue weighted by atomic mass is 10.2. The topological polar surface area (TPSA) is 79.5 Å². The van der Waals surface area contributed by atoms with Crippen LogP contribution in [0.15, 0.2) is 4.52 Å². The van der Waals surface area contributed by atoms with Gasteiger partial charge in [-0.25, -0.2) is 0 Å². The molecule has 17 heavy (non-hydrogen) atoms. The minimum absolute atomic E-state index is 0.168. The second-order valence-corrected chi connectivity index (χ2v) is 4.61. The van der Waals surface area contributed by atoms with Gasteiger partial charge < -0.3 is 9.63 Å². The first kappa shape index (κ1) is 12.0. The van der Waals surface area contributed by atoms with Crippen molar-refractivity contribution in [1.82, 2.24) is 15.0 Å². The quantitative estimate of drug-likeness (QED) is 0.851. The fraction of sp³-hybridized carbons (Fsp3) is 0.727. The molecule has 1 unspecified atom stereocenters. The molecular weight excluding hydrogens is 222 g/mol. The molecule has 94 valence electrons. The van der Waals surface area contributed by atoms with Crippen LogP contribution < -0.4 is 0 Å². The van der Waals surface area contributed by atoms with E-state index in [2.05, 4.69) is 28.9 Å². The summed E-state index contributed by atoms with van der Waals surface area (Å²) >= 11 is 0. The van der Waals surface area contributed by atoms with Gasteiger partial charge in [-0.05, 0) is 33.2 Å². The third kappa shape index (κ3) is 2.63. The van der Waals surface area contributed by atoms with Crippen molar-refractivity contribution in [2.75, 3.05) is 6.54 Å². The van der Waals surface area contributed by atoms with Crippen LogP contribution in [0.5, 0.6) is 0 Å². The van der Waals surface area contributed by atoms with Crippen molar-refractivity contribution in [3.05, 3.63) is 11.7 Å². The van der Waals surface area contributed by atoms with E-state index in [9.17, 15) is 4.79 Å². The third-order valence-corrected chi connectivity index (χ3v) is 3.04. The molecule has 1 atom stereocenters. The molecule has 0 radical (unpaired) electrons. The highest BCUT2D eigenvalue weighted by Gasteiger charge is 2.31. The Labute approximate surface area is 99.6 Å². The van der Waals surface area contributed by atoms with Gasteiger partial charge >= 0.3 is 5.97 Å². The van der Waals surface area contributed by atoms with Gasteiger partial charge in [-0.2, -0.15) is 4.98 Å². The Morgan fingerprint density at radius 1 is 1.65 bits per heavy atom. The molecule has 1 N–H and O–H groups in total. The number of carbonyl (C=O) groups is 1. The molecule has 1 aromatic heterocycles. The van der Waals surface area contributed by atoms with E-state index in [4.69, 9.17) is 9.63 Å². The number of carboxylic acids is 1. The van der Waals surface area contributed by atoms with Crippen LogP contribution in [-0.4, -0.2) is 38.7 Å². The average Bonchev–Trinajstić information content (AvgIpc) is 2.82. The lowest BCUT2D eigenvalue weighted by molar-refractivity contribution is -0.136. The monoisotopic (exact) mass is 239 g/mol. The van der Waals surface area contributed by atoms with Gasteiger partial charge in [0.05, 0.1) is 6.04 Å². The molecule has 0 aliphatic carbocycles. The summed E-state index contributed by atoms with van der Waals surface area (Å²) in [5.74, 6) is -0.150. The maximum atomic E-state index is 10.5. The number of rotatable bonds is 4. The summed E-state index contributed by atoms with van der Waals surface area (Å²) in [6, 6.07) is 0.602. The highest BCUT2D eigenvalue weighted by Crippen LogP contribution is 2.31. The lowest BCUT2D eigenvalue weighted by Gasteiger charge is -2.25. The Hall–Kier alpha value is -1.43. The molecule has 2 heterocycles. The van der Waals surface area contributed by atoms with Crippen molar-refractivity contribution in [2.24, 2.45) is 0 Å². The summed E-state index contributed by atoms with van der Waals surface area (Å²) in [4.78, 5) is 17.0. The summed E-state index contributed by atoms with van der Waals surface area (Å²) in [6.07, 6.45) is 1.91. The molecule has 0 saturated carbocycles. The zero-order valence-corrected chi connectivity index (χ0v) is 10.1. The van der Waals surface area contributed by atoms with E-state index < -0.39 is 5.97 Å². The van der Waals surface area contributed by atoms with Crippen LogP contribution in [0.25, 0.3) is 0 Å². The van der Waals surface area contributed by atoms with Crippen molar-refractivity contribution in [3.63, 3.8) is 0 Å². The van der Waals surface area contributed by atoms with E-state index in [1.165, 1.54) is 0 Å².